The Labute approximate surface area is 263 Å². The van der Waals surface area contributed by atoms with Gasteiger partial charge in [-0.05, 0) is 19.4 Å². The summed E-state index contributed by atoms with van der Waals surface area (Å²) in [6.45, 7) is 2.41. The molecule has 0 saturated carbocycles. The van der Waals surface area contributed by atoms with E-state index in [2.05, 4.69) is 5.48 Å². The monoisotopic (exact) mass is 643 g/mol. The Balaban J connectivity index is 1.55. The van der Waals surface area contributed by atoms with Crippen molar-refractivity contribution in [2.75, 3.05) is 13.7 Å². The molecule has 5 rings (SSSR count). The molecule has 3 aliphatic rings. The van der Waals surface area contributed by atoms with Gasteiger partial charge < -0.3 is 44.6 Å². The minimum absolute atomic E-state index is 0.0749. The fraction of sp³-hybridized carbons (Fsp3) is 0.500. The number of Topliss-reactive ketones (excluding diaryl/α,β-unsaturated/α-hetero) is 1. The van der Waals surface area contributed by atoms with Crippen LogP contribution in [0.2, 0.25) is 0 Å². The lowest BCUT2D eigenvalue weighted by Crippen LogP contribution is -2.55. The zero-order chi connectivity index (χ0) is 33.5. The summed E-state index contributed by atoms with van der Waals surface area (Å²) in [5.41, 5.74) is -1.35. The third kappa shape index (κ3) is 5.76. The van der Waals surface area contributed by atoms with E-state index in [9.17, 15) is 44.7 Å². The van der Waals surface area contributed by atoms with E-state index in [1.165, 1.54) is 25.3 Å². The minimum Gasteiger partial charge on any atom is -0.507 e. The van der Waals surface area contributed by atoms with Crippen molar-refractivity contribution in [1.29, 1.82) is 0 Å². The van der Waals surface area contributed by atoms with Gasteiger partial charge in [-0.25, -0.2) is 0 Å². The summed E-state index contributed by atoms with van der Waals surface area (Å²) >= 11 is 0. The number of fused-ring (bicyclic) bond motifs is 3. The van der Waals surface area contributed by atoms with E-state index in [0.29, 0.717) is 6.42 Å². The molecule has 4 unspecified atom stereocenters. The van der Waals surface area contributed by atoms with Gasteiger partial charge in [-0.15, -0.1) is 5.48 Å². The molecule has 248 valence electrons. The van der Waals surface area contributed by atoms with Crippen molar-refractivity contribution in [2.24, 2.45) is 0 Å². The highest BCUT2D eigenvalue weighted by molar-refractivity contribution is 6.31. The summed E-state index contributed by atoms with van der Waals surface area (Å²) in [5, 5.41) is 54.9. The second kappa shape index (κ2) is 13.1. The number of nitrogens with one attached hydrogen (secondary N) is 1. The van der Waals surface area contributed by atoms with Gasteiger partial charge in [-0.3, -0.25) is 19.2 Å². The number of aromatic hydroxyl groups is 2. The summed E-state index contributed by atoms with van der Waals surface area (Å²) in [7, 11) is 1.31. The molecule has 14 nitrogen and oxygen atoms in total. The number of aliphatic hydroxyl groups excluding tert-OH is 2. The molecule has 1 heterocycles. The molecule has 0 aromatic heterocycles. The molecule has 6 atom stereocenters. The Kier molecular flexibility index (Phi) is 9.50. The highest BCUT2D eigenvalue weighted by atomic mass is 16.7. The number of aliphatic hydroxyl groups is 3. The quantitative estimate of drug-likeness (QED) is 0.135. The number of hydrogen-bond donors (Lipinski definition) is 6. The van der Waals surface area contributed by atoms with Crippen LogP contribution in [0.25, 0.3) is 0 Å². The van der Waals surface area contributed by atoms with E-state index < -0.39 is 102 Å². The van der Waals surface area contributed by atoms with Crippen LogP contribution in [0.1, 0.15) is 95.0 Å². The van der Waals surface area contributed by atoms with Crippen molar-refractivity contribution >= 4 is 23.3 Å². The average Bonchev–Trinajstić information content (AvgIpc) is 3.03. The van der Waals surface area contributed by atoms with Crippen LogP contribution in [0.4, 0.5) is 0 Å². The van der Waals surface area contributed by atoms with Crippen LogP contribution in [-0.2, 0) is 30.3 Å². The molecule has 1 fully saturated rings. The van der Waals surface area contributed by atoms with E-state index in [1.807, 2.05) is 6.92 Å². The minimum atomic E-state index is -2.31. The smallest absolute Gasteiger partial charge is 0.324 e. The van der Waals surface area contributed by atoms with Gasteiger partial charge in [0.15, 0.2) is 17.9 Å². The molecular weight excluding hydrogens is 606 g/mol. The predicted molar refractivity (Wildman–Crippen MR) is 156 cm³/mol. The van der Waals surface area contributed by atoms with Gasteiger partial charge in [0.2, 0.25) is 5.78 Å². The van der Waals surface area contributed by atoms with Gasteiger partial charge in [-0.2, -0.15) is 0 Å². The Morgan fingerprint density at radius 1 is 1.11 bits per heavy atom. The van der Waals surface area contributed by atoms with E-state index in [0.717, 1.165) is 6.42 Å². The van der Waals surface area contributed by atoms with Gasteiger partial charge in [0.1, 0.15) is 29.5 Å². The van der Waals surface area contributed by atoms with Crippen LogP contribution >= 0.6 is 0 Å². The van der Waals surface area contributed by atoms with Gasteiger partial charge in [0, 0.05) is 42.4 Å². The average molecular weight is 644 g/mol. The second-order valence-corrected chi connectivity index (χ2v) is 11.8. The van der Waals surface area contributed by atoms with Crippen LogP contribution in [0.5, 0.6) is 17.2 Å². The van der Waals surface area contributed by atoms with Crippen LogP contribution < -0.4 is 10.2 Å². The Hall–Kier alpha value is -3.92. The number of carbonyl (C=O) groups is 4. The Morgan fingerprint density at radius 2 is 1.83 bits per heavy atom. The summed E-state index contributed by atoms with van der Waals surface area (Å²) in [5.74, 6) is -4.49. The van der Waals surface area contributed by atoms with Crippen molar-refractivity contribution in [3.8, 4) is 17.2 Å². The number of carbonyl (C=O) groups excluding carboxylic acids is 4. The van der Waals surface area contributed by atoms with Crippen molar-refractivity contribution in [3.63, 3.8) is 0 Å². The maximum atomic E-state index is 13.8. The molecule has 46 heavy (non-hydrogen) atoms. The van der Waals surface area contributed by atoms with Crippen LogP contribution in [0, 0.1) is 0 Å². The molecule has 2 aromatic carbocycles. The lowest BCUT2D eigenvalue weighted by atomic mass is 9.72. The summed E-state index contributed by atoms with van der Waals surface area (Å²) < 4.78 is 17.3. The second-order valence-electron chi connectivity index (χ2n) is 11.8. The van der Waals surface area contributed by atoms with E-state index in [4.69, 9.17) is 19.0 Å². The number of phenols is 2. The molecule has 2 aromatic rings. The molecule has 0 bridgehead atoms. The molecule has 0 spiro atoms. The normalized spacial score (nSPS) is 27.0. The molecular formula is C32H37NO13. The molecule has 0 amide bonds. The van der Waals surface area contributed by atoms with Gasteiger partial charge in [0.25, 0.3) is 0 Å². The molecule has 6 N–H and O–H groups in total. The number of rotatable bonds is 10. The fourth-order valence-corrected chi connectivity index (χ4v) is 6.35. The summed E-state index contributed by atoms with van der Waals surface area (Å²) in [4.78, 5) is 57.4. The highest BCUT2D eigenvalue weighted by Crippen LogP contribution is 2.52. The lowest BCUT2D eigenvalue weighted by molar-refractivity contribution is -0.256. The molecule has 2 aliphatic carbocycles. The third-order valence-corrected chi connectivity index (χ3v) is 8.82. The van der Waals surface area contributed by atoms with Crippen LogP contribution in [-0.4, -0.2) is 92.7 Å². The Bertz CT molecular complexity index is 1570. The van der Waals surface area contributed by atoms with Crippen molar-refractivity contribution in [1.82, 2.24) is 5.48 Å². The Morgan fingerprint density at radius 3 is 2.50 bits per heavy atom. The topological polar surface area (TPSA) is 218 Å². The van der Waals surface area contributed by atoms with Crippen molar-refractivity contribution in [2.45, 2.75) is 88.6 Å². The number of benzene rings is 2. The SMILES string of the molecule is CCCCC(=O)ONC1CC(O[C@H]2C[C@](O)(C(=O)CO)Cc3c(O)c4c(c(O)c32)C(=O)c2c(OC)cccc2C4=O)OC(C)C1O. The van der Waals surface area contributed by atoms with Gasteiger partial charge in [0.05, 0.1) is 48.2 Å². The lowest BCUT2D eigenvalue weighted by Gasteiger charge is -2.42. The predicted octanol–water partition coefficient (Wildman–Crippen LogP) is 1.28. The first-order valence-corrected chi connectivity index (χ1v) is 15.0. The number of hydroxylamine groups is 1. The largest absolute Gasteiger partial charge is 0.507 e. The highest BCUT2D eigenvalue weighted by Gasteiger charge is 2.50. The number of phenolic OH excluding ortho intramolecular Hbond substituents is 2. The first-order valence-electron chi connectivity index (χ1n) is 15.0. The first kappa shape index (κ1) is 33.4. The number of methoxy groups -OCH3 is 1. The van der Waals surface area contributed by atoms with Gasteiger partial charge >= 0.3 is 5.97 Å². The maximum absolute atomic E-state index is 13.8. The van der Waals surface area contributed by atoms with Crippen LogP contribution in [0.3, 0.4) is 0 Å². The van der Waals surface area contributed by atoms with Crippen molar-refractivity contribution in [3.05, 3.63) is 51.6 Å². The molecule has 14 heteroatoms. The summed E-state index contributed by atoms with van der Waals surface area (Å²) in [6.07, 6.45) is -4.30. The zero-order valence-corrected chi connectivity index (χ0v) is 25.6. The van der Waals surface area contributed by atoms with Crippen LogP contribution in [0.15, 0.2) is 18.2 Å². The number of hydrogen-bond acceptors (Lipinski definition) is 14. The van der Waals surface area contributed by atoms with Gasteiger partial charge in [-0.1, -0.05) is 25.5 Å². The molecule has 0 radical (unpaired) electrons. The van der Waals surface area contributed by atoms with E-state index >= 15 is 0 Å². The standard InChI is InChI=1S/C32H37NO13/c1-4-5-9-21(36)46-33-17-10-22(44-14(2)27(17)37)45-19-12-32(42,20(35)13-34)11-16-24(19)31(41)26-25(29(16)39)28(38)15-7-6-8-18(43-3)23(15)30(26)40/h6-8,14,17,19,22,27,33-34,37,39,41-42H,4-5,9-13H2,1-3H3/t14?,17?,19-,22?,27?,32-/m0/s1. The number of ether oxygens (including phenoxy) is 3. The fourth-order valence-electron chi connectivity index (χ4n) is 6.35. The zero-order valence-electron chi connectivity index (χ0n) is 25.6. The van der Waals surface area contributed by atoms with E-state index in [-0.39, 0.29) is 40.8 Å². The maximum Gasteiger partial charge on any atom is 0.324 e. The third-order valence-electron chi connectivity index (χ3n) is 8.82. The number of unbranched alkanes of at least 4 members (excludes halogenated alkanes) is 1. The molecule has 1 saturated heterocycles. The number of ketones is 3. The molecule has 1 aliphatic heterocycles. The van der Waals surface area contributed by atoms with E-state index in [1.54, 1.807) is 6.92 Å². The summed E-state index contributed by atoms with van der Waals surface area (Å²) in [6, 6.07) is 3.46. The van der Waals surface area contributed by atoms with Crippen molar-refractivity contribution < 1.29 is 63.8 Å². The first-order chi connectivity index (χ1) is 21.9.